The molecule has 0 atom stereocenters. The Bertz CT molecular complexity index is 384. The van der Waals surface area contributed by atoms with Crippen LogP contribution in [0.4, 0.5) is 0 Å². The van der Waals surface area contributed by atoms with E-state index in [1.807, 2.05) is 22.9 Å². The van der Waals surface area contributed by atoms with Crippen LogP contribution in [0.15, 0.2) is 29.1 Å². The predicted octanol–water partition coefficient (Wildman–Crippen LogP) is 1.66. The number of nitrogens with two attached hydrogens (primary N) is 1. The molecule has 2 heterocycles. The third-order valence-corrected chi connectivity index (χ3v) is 2.38. The number of nitrogens with zero attached hydrogens (tertiary/aromatic N) is 2. The maximum atomic E-state index is 5.48. The Kier molecular flexibility index (Phi) is 2.33. The standard InChI is InChI=1S/C9H9N3S/c10-5-8-1-3-11-9(12-8)7-2-4-13-6-7/h1-4,6H,5,10H2. The maximum absolute atomic E-state index is 5.48. The van der Waals surface area contributed by atoms with Crippen molar-refractivity contribution in [1.82, 2.24) is 9.97 Å². The van der Waals surface area contributed by atoms with Gasteiger partial charge < -0.3 is 5.73 Å². The monoisotopic (exact) mass is 191 g/mol. The lowest BCUT2D eigenvalue weighted by atomic mass is 10.3. The van der Waals surface area contributed by atoms with Gasteiger partial charge in [0.2, 0.25) is 0 Å². The molecule has 2 rings (SSSR count). The van der Waals surface area contributed by atoms with Crippen molar-refractivity contribution in [3.05, 3.63) is 34.8 Å². The fraction of sp³-hybridized carbons (Fsp3) is 0.111. The Labute approximate surface area is 80.3 Å². The molecule has 13 heavy (non-hydrogen) atoms. The summed E-state index contributed by atoms with van der Waals surface area (Å²) >= 11 is 1.64. The highest BCUT2D eigenvalue weighted by Gasteiger charge is 2.01. The third kappa shape index (κ3) is 1.74. The molecule has 0 aliphatic rings. The van der Waals surface area contributed by atoms with E-state index in [1.54, 1.807) is 17.5 Å². The fourth-order valence-electron chi connectivity index (χ4n) is 1.04. The van der Waals surface area contributed by atoms with Gasteiger partial charge in [0.15, 0.2) is 5.82 Å². The Morgan fingerprint density at radius 3 is 3.00 bits per heavy atom. The minimum Gasteiger partial charge on any atom is -0.325 e. The largest absolute Gasteiger partial charge is 0.325 e. The van der Waals surface area contributed by atoms with Crippen LogP contribution in [0.2, 0.25) is 0 Å². The Hall–Kier alpha value is -1.26. The number of rotatable bonds is 2. The van der Waals surface area contributed by atoms with E-state index in [-0.39, 0.29) is 0 Å². The van der Waals surface area contributed by atoms with E-state index in [4.69, 9.17) is 5.73 Å². The molecule has 0 amide bonds. The summed E-state index contributed by atoms with van der Waals surface area (Å²) in [5.41, 5.74) is 7.41. The number of thiophene rings is 1. The smallest absolute Gasteiger partial charge is 0.160 e. The average molecular weight is 191 g/mol. The van der Waals surface area contributed by atoms with E-state index >= 15 is 0 Å². The second kappa shape index (κ2) is 3.64. The van der Waals surface area contributed by atoms with E-state index in [1.165, 1.54) is 0 Å². The van der Waals surface area contributed by atoms with Crippen LogP contribution in [0.25, 0.3) is 11.4 Å². The molecule has 0 fully saturated rings. The van der Waals surface area contributed by atoms with E-state index in [0.29, 0.717) is 6.54 Å². The van der Waals surface area contributed by atoms with Crippen LogP contribution in [0.3, 0.4) is 0 Å². The van der Waals surface area contributed by atoms with Gasteiger partial charge in [0, 0.05) is 23.7 Å². The average Bonchev–Trinajstić information content (AvgIpc) is 2.71. The molecule has 0 saturated heterocycles. The van der Waals surface area contributed by atoms with Crippen molar-refractivity contribution >= 4 is 11.3 Å². The van der Waals surface area contributed by atoms with E-state index in [9.17, 15) is 0 Å². The summed E-state index contributed by atoms with van der Waals surface area (Å²) in [5, 5.41) is 4.03. The normalized spacial score (nSPS) is 10.2. The highest BCUT2D eigenvalue weighted by molar-refractivity contribution is 7.08. The number of hydrogen-bond acceptors (Lipinski definition) is 4. The minimum atomic E-state index is 0.458. The molecule has 0 radical (unpaired) electrons. The molecule has 4 heteroatoms. The van der Waals surface area contributed by atoms with Gasteiger partial charge in [-0.25, -0.2) is 9.97 Å². The molecule has 2 aromatic rings. The van der Waals surface area contributed by atoms with Gasteiger partial charge in [-0.3, -0.25) is 0 Å². The lowest BCUT2D eigenvalue weighted by Gasteiger charge is -1.98. The molecule has 0 aromatic carbocycles. The lowest BCUT2D eigenvalue weighted by molar-refractivity contribution is 0.970. The summed E-state index contributed by atoms with van der Waals surface area (Å²) in [4.78, 5) is 8.47. The van der Waals surface area contributed by atoms with Gasteiger partial charge in [-0.05, 0) is 17.5 Å². The van der Waals surface area contributed by atoms with Crippen molar-refractivity contribution in [2.45, 2.75) is 6.54 Å². The molecular weight excluding hydrogens is 182 g/mol. The van der Waals surface area contributed by atoms with E-state index < -0.39 is 0 Å². The topological polar surface area (TPSA) is 51.8 Å². The molecular formula is C9H9N3S. The maximum Gasteiger partial charge on any atom is 0.160 e. The van der Waals surface area contributed by atoms with Crippen molar-refractivity contribution in [2.75, 3.05) is 0 Å². The molecule has 3 nitrogen and oxygen atoms in total. The molecule has 0 aliphatic carbocycles. The summed E-state index contributed by atoms with van der Waals surface area (Å²) in [6.07, 6.45) is 1.74. The van der Waals surface area contributed by atoms with Crippen LogP contribution in [0.1, 0.15) is 5.69 Å². The van der Waals surface area contributed by atoms with E-state index in [0.717, 1.165) is 17.1 Å². The third-order valence-electron chi connectivity index (χ3n) is 1.70. The Balaban J connectivity index is 2.41. The molecule has 0 spiro atoms. The van der Waals surface area contributed by atoms with Gasteiger partial charge in [0.05, 0.1) is 5.69 Å². The molecule has 0 bridgehead atoms. The minimum absolute atomic E-state index is 0.458. The summed E-state index contributed by atoms with van der Waals surface area (Å²) in [6.45, 7) is 0.458. The van der Waals surface area contributed by atoms with Gasteiger partial charge in [-0.1, -0.05) is 0 Å². The zero-order valence-corrected chi connectivity index (χ0v) is 7.79. The molecule has 0 saturated carbocycles. The Morgan fingerprint density at radius 2 is 2.31 bits per heavy atom. The highest BCUT2D eigenvalue weighted by atomic mass is 32.1. The SMILES string of the molecule is NCc1ccnc(-c2ccsc2)n1. The quantitative estimate of drug-likeness (QED) is 0.785. The molecule has 2 N–H and O–H groups in total. The van der Waals surface area contributed by atoms with Crippen LogP contribution in [-0.2, 0) is 6.54 Å². The summed E-state index contributed by atoms with van der Waals surface area (Å²) in [5.74, 6) is 0.754. The van der Waals surface area contributed by atoms with Gasteiger partial charge in [0.25, 0.3) is 0 Å². The zero-order valence-electron chi connectivity index (χ0n) is 6.97. The fourth-order valence-corrected chi connectivity index (χ4v) is 1.67. The second-order valence-corrected chi connectivity index (χ2v) is 3.37. The van der Waals surface area contributed by atoms with Crippen molar-refractivity contribution in [3.8, 4) is 11.4 Å². The van der Waals surface area contributed by atoms with Crippen LogP contribution >= 0.6 is 11.3 Å². The van der Waals surface area contributed by atoms with Gasteiger partial charge in [-0.15, -0.1) is 0 Å². The lowest BCUT2D eigenvalue weighted by Crippen LogP contribution is -2.00. The summed E-state index contributed by atoms with van der Waals surface area (Å²) < 4.78 is 0. The highest BCUT2D eigenvalue weighted by Crippen LogP contribution is 2.17. The second-order valence-electron chi connectivity index (χ2n) is 2.59. The molecule has 2 aromatic heterocycles. The molecule has 0 aliphatic heterocycles. The Morgan fingerprint density at radius 1 is 1.38 bits per heavy atom. The van der Waals surface area contributed by atoms with Crippen molar-refractivity contribution < 1.29 is 0 Å². The van der Waals surface area contributed by atoms with Crippen LogP contribution < -0.4 is 5.73 Å². The van der Waals surface area contributed by atoms with Crippen molar-refractivity contribution in [2.24, 2.45) is 5.73 Å². The van der Waals surface area contributed by atoms with Crippen molar-refractivity contribution in [1.29, 1.82) is 0 Å². The summed E-state index contributed by atoms with van der Waals surface area (Å²) in [6, 6.07) is 3.83. The first-order valence-electron chi connectivity index (χ1n) is 3.94. The van der Waals surface area contributed by atoms with Crippen LogP contribution in [0, 0.1) is 0 Å². The van der Waals surface area contributed by atoms with Crippen molar-refractivity contribution in [3.63, 3.8) is 0 Å². The zero-order chi connectivity index (χ0) is 9.10. The number of aromatic nitrogens is 2. The van der Waals surface area contributed by atoms with Gasteiger partial charge in [0.1, 0.15) is 0 Å². The predicted molar refractivity (Wildman–Crippen MR) is 53.2 cm³/mol. The first-order chi connectivity index (χ1) is 6.40. The van der Waals surface area contributed by atoms with Gasteiger partial charge >= 0.3 is 0 Å². The number of hydrogen-bond donors (Lipinski definition) is 1. The molecule has 66 valence electrons. The first kappa shape index (κ1) is 8.34. The summed E-state index contributed by atoms with van der Waals surface area (Å²) in [7, 11) is 0. The first-order valence-corrected chi connectivity index (χ1v) is 4.89. The van der Waals surface area contributed by atoms with E-state index in [2.05, 4.69) is 9.97 Å². The van der Waals surface area contributed by atoms with Crippen LogP contribution in [-0.4, -0.2) is 9.97 Å². The van der Waals surface area contributed by atoms with Crippen LogP contribution in [0.5, 0.6) is 0 Å². The molecule has 0 unspecified atom stereocenters. The van der Waals surface area contributed by atoms with Gasteiger partial charge in [-0.2, -0.15) is 11.3 Å².